The molecule has 2 aliphatic rings. The Balaban J connectivity index is 2.01. The lowest BCUT2D eigenvalue weighted by molar-refractivity contribution is -0.137. The lowest BCUT2D eigenvalue weighted by Gasteiger charge is -2.33. The van der Waals surface area contributed by atoms with Crippen molar-refractivity contribution in [2.75, 3.05) is 0 Å². The summed E-state index contributed by atoms with van der Waals surface area (Å²) in [4.78, 5) is 3.65. The second kappa shape index (κ2) is 4.83. The molecule has 3 nitrogen and oxygen atoms in total. The topological polar surface area (TPSA) is 47.0 Å². The molecule has 3 rings (SSSR count). The van der Waals surface area contributed by atoms with Crippen LogP contribution in [0.25, 0.3) is 5.57 Å². The molecule has 7 heteroatoms. The molecule has 2 atom stereocenters. The van der Waals surface area contributed by atoms with Gasteiger partial charge in [-0.3, -0.25) is 4.98 Å². The van der Waals surface area contributed by atoms with Crippen LogP contribution in [-0.4, -0.2) is 23.9 Å². The number of hydrogen-bond donors (Lipinski definition) is 0. The van der Waals surface area contributed by atoms with Crippen molar-refractivity contribution in [3.63, 3.8) is 0 Å². The maximum atomic E-state index is 12.7. The zero-order valence-electron chi connectivity index (χ0n) is 11.1. The average molecular weight is 317 g/mol. The van der Waals surface area contributed by atoms with Gasteiger partial charge in [-0.2, -0.15) is 13.2 Å². The molecule has 1 aromatic heterocycles. The van der Waals surface area contributed by atoms with Crippen LogP contribution in [0.15, 0.2) is 24.5 Å². The van der Waals surface area contributed by atoms with Crippen LogP contribution in [0.3, 0.4) is 0 Å². The second-order valence-corrected chi connectivity index (χ2v) is 7.99. The molecule has 2 unspecified atom stereocenters. The Morgan fingerprint density at radius 1 is 1.19 bits per heavy atom. The SMILES string of the molecule is O=S1(=O)C2C=C(c3cncc(C(F)(F)F)c3)CC1CCC2. The minimum Gasteiger partial charge on any atom is -0.263 e. The van der Waals surface area contributed by atoms with Gasteiger partial charge < -0.3 is 0 Å². The van der Waals surface area contributed by atoms with Crippen molar-refractivity contribution < 1.29 is 21.6 Å². The summed E-state index contributed by atoms with van der Waals surface area (Å²) in [6.07, 6.45) is 1.58. The molecular weight excluding hydrogens is 303 g/mol. The lowest BCUT2D eigenvalue weighted by Crippen LogP contribution is -2.38. The van der Waals surface area contributed by atoms with E-state index in [0.29, 0.717) is 24.0 Å². The van der Waals surface area contributed by atoms with Gasteiger partial charge in [0.2, 0.25) is 0 Å². The maximum Gasteiger partial charge on any atom is 0.417 e. The Labute approximate surface area is 120 Å². The first-order chi connectivity index (χ1) is 9.78. The average Bonchev–Trinajstić information content (AvgIpc) is 2.36. The van der Waals surface area contributed by atoms with Gasteiger partial charge in [0.05, 0.1) is 16.1 Å². The van der Waals surface area contributed by atoms with Crippen molar-refractivity contribution >= 4 is 15.4 Å². The smallest absolute Gasteiger partial charge is 0.263 e. The van der Waals surface area contributed by atoms with Crippen LogP contribution >= 0.6 is 0 Å². The van der Waals surface area contributed by atoms with E-state index in [1.165, 1.54) is 6.20 Å². The number of halogens is 3. The van der Waals surface area contributed by atoms with Crippen LogP contribution in [0, 0.1) is 0 Å². The fourth-order valence-corrected chi connectivity index (χ4v) is 5.29. The fraction of sp³-hybridized carbons (Fsp3) is 0.500. The summed E-state index contributed by atoms with van der Waals surface area (Å²) >= 11 is 0. The first-order valence-corrected chi connectivity index (χ1v) is 8.35. The first kappa shape index (κ1) is 14.6. The van der Waals surface area contributed by atoms with E-state index >= 15 is 0 Å². The molecule has 0 amide bonds. The summed E-state index contributed by atoms with van der Waals surface area (Å²) in [6, 6.07) is 1.05. The Morgan fingerprint density at radius 2 is 1.95 bits per heavy atom. The van der Waals surface area contributed by atoms with E-state index in [1.54, 1.807) is 6.08 Å². The number of allylic oxidation sites excluding steroid dienone is 1. The van der Waals surface area contributed by atoms with Gasteiger partial charge in [-0.25, -0.2) is 8.42 Å². The van der Waals surface area contributed by atoms with Crippen molar-refractivity contribution in [2.24, 2.45) is 0 Å². The number of hydrogen-bond acceptors (Lipinski definition) is 3. The van der Waals surface area contributed by atoms with E-state index in [1.807, 2.05) is 0 Å². The third-order valence-corrected chi connectivity index (χ3v) is 6.72. The molecular formula is C14H14F3NO2S. The van der Waals surface area contributed by atoms with Crippen LogP contribution in [0.5, 0.6) is 0 Å². The van der Waals surface area contributed by atoms with Gasteiger partial charge in [0, 0.05) is 12.4 Å². The Kier molecular flexibility index (Phi) is 3.35. The maximum absolute atomic E-state index is 12.7. The molecule has 0 saturated carbocycles. The van der Waals surface area contributed by atoms with Gasteiger partial charge >= 0.3 is 6.18 Å². The largest absolute Gasteiger partial charge is 0.417 e. The molecule has 2 aliphatic heterocycles. The molecule has 0 spiro atoms. The zero-order valence-corrected chi connectivity index (χ0v) is 11.9. The molecule has 114 valence electrons. The van der Waals surface area contributed by atoms with Gasteiger partial charge in [0.15, 0.2) is 9.84 Å². The van der Waals surface area contributed by atoms with Crippen molar-refractivity contribution in [1.29, 1.82) is 0 Å². The van der Waals surface area contributed by atoms with Crippen LogP contribution in [0.1, 0.15) is 36.8 Å². The summed E-state index contributed by atoms with van der Waals surface area (Å²) in [7, 11) is -3.16. The normalized spacial score (nSPS) is 28.0. The monoisotopic (exact) mass is 317 g/mol. The molecule has 1 saturated heterocycles. The minimum absolute atomic E-state index is 0.280. The summed E-state index contributed by atoms with van der Waals surface area (Å²) in [5.41, 5.74) is 0.231. The minimum atomic E-state index is -4.44. The first-order valence-electron chi connectivity index (χ1n) is 6.74. The summed E-state index contributed by atoms with van der Waals surface area (Å²) in [5, 5.41) is -1.03. The highest BCUT2D eigenvalue weighted by molar-refractivity contribution is 7.93. The van der Waals surface area contributed by atoms with Crippen LogP contribution < -0.4 is 0 Å². The Hall–Kier alpha value is -1.37. The molecule has 21 heavy (non-hydrogen) atoms. The third kappa shape index (κ3) is 2.59. The highest BCUT2D eigenvalue weighted by atomic mass is 32.2. The van der Waals surface area contributed by atoms with Gasteiger partial charge in [-0.1, -0.05) is 12.5 Å². The quantitative estimate of drug-likeness (QED) is 0.799. The number of fused-ring (bicyclic) bond motifs is 2. The molecule has 1 fully saturated rings. The van der Waals surface area contributed by atoms with E-state index in [4.69, 9.17) is 0 Å². The second-order valence-electron chi connectivity index (χ2n) is 5.54. The number of aromatic nitrogens is 1. The molecule has 0 radical (unpaired) electrons. The van der Waals surface area contributed by atoms with E-state index in [2.05, 4.69) is 4.98 Å². The number of sulfone groups is 1. The van der Waals surface area contributed by atoms with Gasteiger partial charge in [-0.15, -0.1) is 0 Å². The molecule has 3 heterocycles. The summed E-state index contributed by atoms with van der Waals surface area (Å²) in [6.45, 7) is 0. The standard InChI is InChI=1S/C14H14F3NO2S/c15-14(16,17)11-4-10(7-18-8-11)9-5-12-2-1-3-13(6-9)21(12,19)20/h4-5,7-8,12-13H,1-3,6H2. The van der Waals surface area contributed by atoms with Crippen LogP contribution in [0.2, 0.25) is 0 Å². The molecule has 0 N–H and O–H groups in total. The predicted molar refractivity (Wildman–Crippen MR) is 72.2 cm³/mol. The number of pyridine rings is 1. The molecule has 1 aromatic rings. The highest BCUT2D eigenvalue weighted by Gasteiger charge is 2.40. The Bertz CT molecular complexity index is 694. The van der Waals surface area contributed by atoms with Crippen molar-refractivity contribution in [1.82, 2.24) is 4.98 Å². The van der Waals surface area contributed by atoms with E-state index in [9.17, 15) is 21.6 Å². The van der Waals surface area contributed by atoms with Crippen LogP contribution in [-0.2, 0) is 16.0 Å². The van der Waals surface area contributed by atoms with Crippen molar-refractivity contribution in [3.05, 3.63) is 35.7 Å². The molecule has 0 aliphatic carbocycles. The summed E-state index contributed by atoms with van der Waals surface area (Å²) in [5.74, 6) is 0. The zero-order chi connectivity index (χ0) is 15.3. The molecule has 0 aromatic carbocycles. The lowest BCUT2D eigenvalue weighted by atomic mass is 9.93. The number of rotatable bonds is 1. The van der Waals surface area contributed by atoms with E-state index in [-0.39, 0.29) is 6.42 Å². The number of nitrogens with zero attached hydrogens (tertiary/aromatic N) is 1. The highest BCUT2D eigenvalue weighted by Crippen LogP contribution is 2.40. The predicted octanol–water partition coefficient (Wildman–Crippen LogP) is 3.22. The van der Waals surface area contributed by atoms with E-state index < -0.39 is 32.1 Å². The number of alkyl halides is 3. The van der Waals surface area contributed by atoms with Crippen molar-refractivity contribution in [2.45, 2.75) is 42.4 Å². The van der Waals surface area contributed by atoms with Gasteiger partial charge in [0.25, 0.3) is 0 Å². The van der Waals surface area contributed by atoms with Gasteiger partial charge in [-0.05, 0) is 36.5 Å². The van der Waals surface area contributed by atoms with Crippen LogP contribution in [0.4, 0.5) is 13.2 Å². The van der Waals surface area contributed by atoms with E-state index in [0.717, 1.165) is 18.7 Å². The molecule has 2 bridgehead atoms. The fourth-order valence-electron chi connectivity index (χ4n) is 3.04. The van der Waals surface area contributed by atoms with Crippen molar-refractivity contribution in [3.8, 4) is 0 Å². The third-order valence-electron chi connectivity index (χ3n) is 4.17. The summed E-state index contributed by atoms with van der Waals surface area (Å²) < 4.78 is 62.5. The Morgan fingerprint density at radius 3 is 2.62 bits per heavy atom. The van der Waals surface area contributed by atoms with Gasteiger partial charge in [0.1, 0.15) is 0 Å².